The van der Waals surface area contributed by atoms with Crippen LogP contribution in [0, 0.1) is 0 Å². The number of halogens is 2. The topological polar surface area (TPSA) is 70.7 Å². The molecule has 1 saturated heterocycles. The number of carbonyl (C=O) groups excluding carboxylic acids is 1. The van der Waals surface area contributed by atoms with E-state index in [1.807, 2.05) is 29.2 Å². The summed E-state index contributed by atoms with van der Waals surface area (Å²) in [7, 11) is 0. The first-order chi connectivity index (χ1) is 12.1. The molecule has 26 heavy (non-hydrogen) atoms. The van der Waals surface area contributed by atoms with Gasteiger partial charge in [0.05, 0.1) is 0 Å². The molecule has 3 N–H and O–H groups in total. The molecule has 0 bridgehead atoms. The van der Waals surface area contributed by atoms with E-state index in [-0.39, 0.29) is 18.3 Å². The van der Waals surface area contributed by atoms with Crippen LogP contribution in [0.3, 0.4) is 0 Å². The van der Waals surface area contributed by atoms with Crippen molar-refractivity contribution in [3.05, 3.63) is 64.7 Å². The van der Waals surface area contributed by atoms with Gasteiger partial charge in [0.25, 0.3) is 5.91 Å². The van der Waals surface area contributed by atoms with Gasteiger partial charge in [-0.25, -0.2) is 4.99 Å². The van der Waals surface area contributed by atoms with E-state index in [4.69, 9.17) is 22.3 Å². The van der Waals surface area contributed by atoms with Gasteiger partial charge in [-0.05, 0) is 36.4 Å². The number of amides is 1. The number of rotatable bonds is 1. The van der Waals surface area contributed by atoms with Crippen molar-refractivity contribution in [2.24, 2.45) is 10.7 Å². The highest BCUT2D eigenvalue weighted by Crippen LogP contribution is 2.34. The van der Waals surface area contributed by atoms with Crippen LogP contribution in [-0.2, 0) is 0 Å². The number of benzene rings is 2. The third-order valence-corrected chi connectivity index (χ3v) is 5.13. The molecule has 136 valence electrons. The van der Waals surface area contributed by atoms with Crippen molar-refractivity contribution in [2.75, 3.05) is 18.4 Å². The van der Waals surface area contributed by atoms with Gasteiger partial charge >= 0.3 is 0 Å². The highest BCUT2D eigenvalue weighted by Gasteiger charge is 2.38. The molecule has 0 unspecified atom stereocenters. The Labute approximate surface area is 163 Å². The lowest BCUT2D eigenvalue weighted by Crippen LogP contribution is -2.52. The summed E-state index contributed by atoms with van der Waals surface area (Å²) in [6.45, 7) is 1.26. The number of hydrogen-bond donors (Lipinski definition) is 2. The second-order valence-corrected chi connectivity index (χ2v) is 6.93. The van der Waals surface area contributed by atoms with Gasteiger partial charge in [0, 0.05) is 47.8 Å². The summed E-state index contributed by atoms with van der Waals surface area (Å²) in [5, 5.41) is 4.16. The lowest BCUT2D eigenvalue weighted by molar-refractivity contribution is 0.0685. The second-order valence-electron chi connectivity index (χ2n) is 6.50. The van der Waals surface area contributed by atoms with Crippen molar-refractivity contribution in [3.8, 4) is 0 Å². The zero-order valence-electron chi connectivity index (χ0n) is 14.1. The summed E-state index contributed by atoms with van der Waals surface area (Å²) in [6, 6.07) is 14.9. The maximum Gasteiger partial charge on any atom is 0.253 e. The number of nitrogens with two attached hydrogens (primary N) is 1. The Hall–Kier alpha value is -2.24. The molecule has 1 spiro atoms. The molecule has 1 fully saturated rings. The van der Waals surface area contributed by atoms with Crippen LogP contribution in [0.15, 0.2) is 53.5 Å². The minimum Gasteiger partial charge on any atom is -0.383 e. The van der Waals surface area contributed by atoms with Gasteiger partial charge < -0.3 is 16.0 Å². The van der Waals surface area contributed by atoms with Crippen LogP contribution in [0.5, 0.6) is 0 Å². The summed E-state index contributed by atoms with van der Waals surface area (Å²) in [6.07, 6.45) is 1.45. The molecule has 0 aromatic heterocycles. The Morgan fingerprint density at radius 1 is 1.12 bits per heavy atom. The van der Waals surface area contributed by atoms with Gasteiger partial charge in [-0.3, -0.25) is 4.79 Å². The number of para-hydroxylation sites is 1. The van der Waals surface area contributed by atoms with E-state index in [9.17, 15) is 4.79 Å². The lowest BCUT2D eigenvalue weighted by Gasteiger charge is -2.42. The molecular formula is C19H20Cl2N4O. The number of anilines is 1. The summed E-state index contributed by atoms with van der Waals surface area (Å²) in [5.74, 6) is 0.589. The number of likely N-dealkylation sites (tertiary alicyclic amines) is 1. The van der Waals surface area contributed by atoms with Gasteiger partial charge in [0.1, 0.15) is 11.5 Å². The fraction of sp³-hybridized carbons (Fsp3) is 0.263. The molecule has 2 heterocycles. The molecule has 0 radical (unpaired) electrons. The fourth-order valence-corrected chi connectivity index (χ4v) is 3.60. The van der Waals surface area contributed by atoms with E-state index in [2.05, 4.69) is 5.32 Å². The number of carbonyl (C=O) groups is 1. The Morgan fingerprint density at radius 2 is 1.77 bits per heavy atom. The first kappa shape index (κ1) is 18.5. The molecule has 1 amide bonds. The van der Waals surface area contributed by atoms with Crippen LogP contribution < -0.4 is 11.1 Å². The Balaban J connectivity index is 0.00000196. The van der Waals surface area contributed by atoms with Crippen molar-refractivity contribution in [1.29, 1.82) is 0 Å². The number of nitrogens with zero attached hydrogens (tertiary/aromatic N) is 2. The molecular weight excluding hydrogens is 371 g/mol. The van der Waals surface area contributed by atoms with Crippen LogP contribution in [0.25, 0.3) is 0 Å². The molecule has 4 rings (SSSR count). The van der Waals surface area contributed by atoms with Crippen LogP contribution in [0.2, 0.25) is 5.02 Å². The van der Waals surface area contributed by atoms with E-state index < -0.39 is 5.66 Å². The van der Waals surface area contributed by atoms with Crippen LogP contribution in [0.4, 0.5) is 5.69 Å². The molecule has 7 heteroatoms. The zero-order chi connectivity index (χ0) is 17.4. The van der Waals surface area contributed by atoms with Gasteiger partial charge in [0.15, 0.2) is 0 Å². The van der Waals surface area contributed by atoms with Crippen molar-refractivity contribution >= 4 is 41.4 Å². The molecule has 2 aliphatic heterocycles. The van der Waals surface area contributed by atoms with Gasteiger partial charge in [-0.1, -0.05) is 23.7 Å². The number of amidine groups is 1. The largest absolute Gasteiger partial charge is 0.383 e. The smallest absolute Gasteiger partial charge is 0.253 e. The number of fused-ring (bicyclic) bond motifs is 1. The molecule has 0 aliphatic carbocycles. The molecule has 2 aliphatic rings. The third-order valence-electron chi connectivity index (χ3n) is 4.87. The lowest BCUT2D eigenvalue weighted by atomic mass is 9.93. The molecule has 0 atom stereocenters. The summed E-state index contributed by atoms with van der Waals surface area (Å²) >= 11 is 5.89. The quantitative estimate of drug-likeness (QED) is 0.782. The normalized spacial score (nSPS) is 17.6. The van der Waals surface area contributed by atoms with Crippen molar-refractivity contribution in [3.63, 3.8) is 0 Å². The van der Waals surface area contributed by atoms with E-state index in [0.29, 0.717) is 29.5 Å². The Morgan fingerprint density at radius 3 is 2.46 bits per heavy atom. The van der Waals surface area contributed by atoms with Crippen LogP contribution >= 0.6 is 24.0 Å². The van der Waals surface area contributed by atoms with E-state index >= 15 is 0 Å². The number of aliphatic imine (C=N–C) groups is 1. The van der Waals surface area contributed by atoms with E-state index in [1.165, 1.54) is 0 Å². The van der Waals surface area contributed by atoms with Crippen molar-refractivity contribution in [1.82, 2.24) is 4.90 Å². The molecule has 0 saturated carbocycles. The van der Waals surface area contributed by atoms with Crippen LogP contribution in [-0.4, -0.2) is 35.4 Å². The monoisotopic (exact) mass is 390 g/mol. The summed E-state index contributed by atoms with van der Waals surface area (Å²) in [5.41, 5.74) is 8.35. The highest BCUT2D eigenvalue weighted by atomic mass is 35.5. The fourth-order valence-electron chi connectivity index (χ4n) is 3.48. The first-order valence-corrected chi connectivity index (χ1v) is 8.72. The second kappa shape index (κ2) is 7.17. The Kier molecular flexibility index (Phi) is 5.12. The number of hydrogen-bond acceptors (Lipinski definition) is 4. The molecule has 5 nitrogen and oxygen atoms in total. The summed E-state index contributed by atoms with van der Waals surface area (Å²) in [4.78, 5) is 19.2. The van der Waals surface area contributed by atoms with Crippen LogP contribution in [0.1, 0.15) is 28.8 Å². The molecule has 2 aromatic carbocycles. The van der Waals surface area contributed by atoms with Gasteiger partial charge in [-0.2, -0.15) is 0 Å². The number of piperidine rings is 1. The first-order valence-electron chi connectivity index (χ1n) is 8.34. The van der Waals surface area contributed by atoms with Crippen molar-refractivity contribution < 1.29 is 4.79 Å². The maximum atomic E-state index is 12.6. The van der Waals surface area contributed by atoms with Gasteiger partial charge in [-0.15, -0.1) is 12.4 Å². The highest BCUT2D eigenvalue weighted by molar-refractivity contribution is 6.30. The average Bonchev–Trinajstić information content (AvgIpc) is 2.62. The van der Waals surface area contributed by atoms with E-state index in [1.54, 1.807) is 24.3 Å². The predicted molar refractivity (Wildman–Crippen MR) is 107 cm³/mol. The minimum atomic E-state index is -0.421. The SMILES string of the molecule is Cl.NC1=NC2(CCN(C(=O)c3ccc(Cl)cc3)CC2)Nc2ccccc21. The summed E-state index contributed by atoms with van der Waals surface area (Å²) < 4.78 is 0. The Bertz CT molecular complexity index is 843. The predicted octanol–water partition coefficient (Wildman–Crippen LogP) is 3.53. The average molecular weight is 391 g/mol. The molecule has 2 aromatic rings. The van der Waals surface area contributed by atoms with Crippen molar-refractivity contribution in [2.45, 2.75) is 18.5 Å². The minimum absolute atomic E-state index is 0. The zero-order valence-corrected chi connectivity index (χ0v) is 15.7. The standard InChI is InChI=1S/C19H19ClN4O.ClH/c20-14-7-5-13(6-8-14)18(25)24-11-9-19(10-12-24)22-16-4-2-1-3-15(16)17(21)23-19;/h1-8,22H,9-12H2,(H2,21,23);1H. The van der Waals surface area contributed by atoms with E-state index in [0.717, 1.165) is 24.1 Å². The third kappa shape index (κ3) is 3.37. The maximum absolute atomic E-state index is 12.6. The number of nitrogens with one attached hydrogen (secondary N) is 1. The van der Waals surface area contributed by atoms with Gasteiger partial charge in [0.2, 0.25) is 0 Å².